The Morgan fingerprint density at radius 3 is 2.54 bits per heavy atom. The van der Waals surface area contributed by atoms with Gasteiger partial charge in [-0.25, -0.2) is 5.43 Å². The predicted octanol–water partition coefficient (Wildman–Crippen LogP) is 3.31. The lowest BCUT2D eigenvalue weighted by Gasteiger charge is -2.21. The molecule has 0 aliphatic heterocycles. The van der Waals surface area contributed by atoms with Crippen molar-refractivity contribution < 1.29 is 9.90 Å². The van der Waals surface area contributed by atoms with E-state index >= 15 is 0 Å². The molecule has 2 aromatic rings. The molecule has 2 aromatic carbocycles. The zero-order chi connectivity index (χ0) is 17.5. The smallest absolute Gasteiger partial charge is 0.271 e. The van der Waals surface area contributed by atoms with Gasteiger partial charge in [0.25, 0.3) is 5.91 Å². The lowest BCUT2D eigenvalue weighted by Crippen LogP contribution is -2.21. The SMILES string of the molecule is CCN(CC)c1ccc(/C=N/NC(=O)c2ccccc2C)c(O)c1. The van der Waals surface area contributed by atoms with Crippen LogP contribution in [0.3, 0.4) is 0 Å². The van der Waals surface area contributed by atoms with Crippen molar-refractivity contribution in [1.29, 1.82) is 0 Å². The predicted molar refractivity (Wildman–Crippen MR) is 97.9 cm³/mol. The Kier molecular flexibility index (Phi) is 5.95. The second-order valence-electron chi connectivity index (χ2n) is 5.43. The Morgan fingerprint density at radius 1 is 1.21 bits per heavy atom. The third-order valence-electron chi connectivity index (χ3n) is 3.90. The first-order valence-electron chi connectivity index (χ1n) is 8.03. The molecule has 0 fully saturated rings. The molecule has 24 heavy (non-hydrogen) atoms. The largest absolute Gasteiger partial charge is 0.507 e. The van der Waals surface area contributed by atoms with Crippen LogP contribution in [-0.4, -0.2) is 30.3 Å². The fraction of sp³-hybridized carbons (Fsp3) is 0.263. The first-order chi connectivity index (χ1) is 11.6. The molecule has 0 unspecified atom stereocenters. The maximum atomic E-state index is 12.1. The van der Waals surface area contributed by atoms with Crippen molar-refractivity contribution in [3.05, 3.63) is 59.2 Å². The standard InChI is InChI=1S/C19H23N3O2/c1-4-22(5-2)16-11-10-15(18(23)12-16)13-20-21-19(24)17-9-7-6-8-14(17)3/h6-13,23H,4-5H2,1-3H3,(H,21,24)/b20-13+. The summed E-state index contributed by atoms with van der Waals surface area (Å²) >= 11 is 0. The molecule has 0 radical (unpaired) electrons. The van der Waals surface area contributed by atoms with Crippen LogP contribution in [0.4, 0.5) is 5.69 Å². The monoisotopic (exact) mass is 325 g/mol. The van der Waals surface area contributed by atoms with Gasteiger partial charge in [-0.15, -0.1) is 0 Å². The number of anilines is 1. The molecule has 0 saturated carbocycles. The number of carbonyl (C=O) groups is 1. The molecule has 2 rings (SSSR count). The van der Waals surface area contributed by atoms with Gasteiger partial charge in [0.2, 0.25) is 0 Å². The Morgan fingerprint density at radius 2 is 1.92 bits per heavy atom. The van der Waals surface area contributed by atoms with Crippen molar-refractivity contribution in [3.63, 3.8) is 0 Å². The van der Waals surface area contributed by atoms with Crippen molar-refractivity contribution in [2.75, 3.05) is 18.0 Å². The molecule has 0 aliphatic carbocycles. The van der Waals surface area contributed by atoms with Crippen molar-refractivity contribution in [3.8, 4) is 5.75 Å². The Labute approximate surface area is 142 Å². The molecule has 2 N–H and O–H groups in total. The molecule has 5 heteroatoms. The summed E-state index contributed by atoms with van der Waals surface area (Å²) in [7, 11) is 0. The molecule has 0 aromatic heterocycles. The first-order valence-corrected chi connectivity index (χ1v) is 8.03. The third-order valence-corrected chi connectivity index (χ3v) is 3.90. The second-order valence-corrected chi connectivity index (χ2v) is 5.43. The number of rotatable bonds is 6. The second kappa shape index (κ2) is 8.15. The minimum Gasteiger partial charge on any atom is -0.507 e. The summed E-state index contributed by atoms with van der Waals surface area (Å²) in [6, 6.07) is 12.7. The van der Waals surface area contributed by atoms with Crippen LogP contribution in [0.2, 0.25) is 0 Å². The van der Waals surface area contributed by atoms with Crippen molar-refractivity contribution in [2.45, 2.75) is 20.8 Å². The van der Waals surface area contributed by atoms with Gasteiger partial charge < -0.3 is 10.0 Å². The van der Waals surface area contributed by atoms with Gasteiger partial charge in [-0.2, -0.15) is 5.10 Å². The van der Waals surface area contributed by atoms with Crippen molar-refractivity contribution in [1.82, 2.24) is 5.43 Å². The number of nitrogens with one attached hydrogen (secondary N) is 1. The molecule has 0 bridgehead atoms. The van der Waals surface area contributed by atoms with Crippen molar-refractivity contribution in [2.24, 2.45) is 5.10 Å². The van der Waals surface area contributed by atoms with E-state index in [1.165, 1.54) is 6.21 Å². The molecule has 5 nitrogen and oxygen atoms in total. The average molecular weight is 325 g/mol. The third kappa shape index (κ3) is 4.13. The zero-order valence-corrected chi connectivity index (χ0v) is 14.3. The van der Waals surface area contributed by atoms with E-state index in [0.717, 1.165) is 24.3 Å². The number of nitrogens with zero attached hydrogens (tertiary/aromatic N) is 2. The molecular weight excluding hydrogens is 302 g/mol. The molecule has 0 saturated heterocycles. The normalized spacial score (nSPS) is 10.8. The van der Waals surface area contributed by atoms with E-state index in [2.05, 4.69) is 29.3 Å². The number of hydrazone groups is 1. The number of phenols is 1. The fourth-order valence-electron chi connectivity index (χ4n) is 2.48. The van der Waals surface area contributed by atoms with E-state index in [1.807, 2.05) is 31.2 Å². The average Bonchev–Trinajstić information content (AvgIpc) is 2.58. The van der Waals surface area contributed by atoms with Crippen LogP contribution in [-0.2, 0) is 0 Å². The fourth-order valence-corrected chi connectivity index (χ4v) is 2.48. The topological polar surface area (TPSA) is 64.9 Å². The number of aromatic hydroxyl groups is 1. The van der Waals surface area contributed by atoms with E-state index < -0.39 is 0 Å². The van der Waals surface area contributed by atoms with Gasteiger partial charge in [-0.1, -0.05) is 18.2 Å². The molecular formula is C19H23N3O2. The number of aryl methyl sites for hydroxylation is 1. The summed E-state index contributed by atoms with van der Waals surface area (Å²) in [5.74, 6) is -0.142. The lowest BCUT2D eigenvalue weighted by molar-refractivity contribution is 0.0954. The maximum absolute atomic E-state index is 12.1. The Balaban J connectivity index is 2.07. The van der Waals surface area contributed by atoms with Crippen LogP contribution in [0.1, 0.15) is 35.3 Å². The summed E-state index contributed by atoms with van der Waals surface area (Å²) in [4.78, 5) is 14.2. The highest BCUT2D eigenvalue weighted by Crippen LogP contribution is 2.23. The van der Waals surface area contributed by atoms with Crippen molar-refractivity contribution >= 4 is 17.8 Å². The summed E-state index contributed by atoms with van der Waals surface area (Å²) < 4.78 is 0. The molecule has 0 heterocycles. The summed E-state index contributed by atoms with van der Waals surface area (Å²) in [5, 5.41) is 14.1. The lowest BCUT2D eigenvalue weighted by atomic mass is 10.1. The quantitative estimate of drug-likeness (QED) is 0.632. The van der Waals surface area contributed by atoms with Gasteiger partial charge in [-0.05, 0) is 44.5 Å². The Hall–Kier alpha value is -2.82. The van der Waals surface area contributed by atoms with Crippen LogP contribution in [0.25, 0.3) is 0 Å². The van der Waals surface area contributed by atoms with Gasteiger partial charge in [0, 0.05) is 36.0 Å². The van der Waals surface area contributed by atoms with E-state index in [-0.39, 0.29) is 11.7 Å². The Bertz CT molecular complexity index is 737. The van der Waals surface area contributed by atoms with Gasteiger partial charge >= 0.3 is 0 Å². The first kappa shape index (κ1) is 17.5. The van der Waals surface area contributed by atoms with Crippen LogP contribution in [0, 0.1) is 6.92 Å². The van der Waals surface area contributed by atoms with Gasteiger partial charge in [0.15, 0.2) is 0 Å². The van der Waals surface area contributed by atoms with E-state index in [9.17, 15) is 9.90 Å². The summed E-state index contributed by atoms with van der Waals surface area (Å²) in [6.07, 6.45) is 1.44. The van der Waals surface area contributed by atoms with Crippen LogP contribution >= 0.6 is 0 Å². The van der Waals surface area contributed by atoms with E-state index in [1.54, 1.807) is 18.2 Å². The molecule has 126 valence electrons. The number of carbonyl (C=O) groups excluding carboxylic acids is 1. The molecule has 0 atom stereocenters. The number of benzene rings is 2. The number of phenolic OH excluding ortho intramolecular Hbond substituents is 1. The van der Waals surface area contributed by atoms with E-state index in [4.69, 9.17) is 0 Å². The van der Waals surface area contributed by atoms with E-state index in [0.29, 0.717) is 11.1 Å². The van der Waals surface area contributed by atoms with Crippen LogP contribution in [0.15, 0.2) is 47.6 Å². The van der Waals surface area contributed by atoms with Gasteiger partial charge in [0.05, 0.1) is 6.21 Å². The zero-order valence-electron chi connectivity index (χ0n) is 14.3. The molecule has 0 aliphatic rings. The molecule has 1 amide bonds. The molecule has 0 spiro atoms. The minimum absolute atomic E-state index is 0.133. The van der Waals surface area contributed by atoms with Gasteiger partial charge in [-0.3, -0.25) is 4.79 Å². The van der Waals surface area contributed by atoms with Crippen LogP contribution in [0.5, 0.6) is 5.75 Å². The highest BCUT2D eigenvalue weighted by molar-refractivity contribution is 5.96. The minimum atomic E-state index is -0.274. The number of hydrogen-bond donors (Lipinski definition) is 2. The number of hydrogen-bond acceptors (Lipinski definition) is 4. The summed E-state index contributed by atoms with van der Waals surface area (Å²) in [5.41, 5.74) is 5.46. The number of amides is 1. The highest BCUT2D eigenvalue weighted by atomic mass is 16.3. The maximum Gasteiger partial charge on any atom is 0.271 e. The highest BCUT2D eigenvalue weighted by Gasteiger charge is 2.07. The van der Waals surface area contributed by atoms with Gasteiger partial charge in [0.1, 0.15) is 5.75 Å². The van der Waals surface area contributed by atoms with Crippen LogP contribution < -0.4 is 10.3 Å². The summed E-state index contributed by atoms with van der Waals surface area (Å²) in [6.45, 7) is 7.75.